The predicted molar refractivity (Wildman–Crippen MR) is 71.0 cm³/mol. The molecule has 1 N–H and O–H groups in total. The van der Waals surface area contributed by atoms with Crippen LogP contribution in [0.1, 0.15) is 19.8 Å². The second-order valence-electron chi connectivity index (χ2n) is 4.45. The number of rotatable bonds is 5. The number of nitrogens with one attached hydrogen (secondary N) is 1. The molecule has 1 aromatic heterocycles. The lowest BCUT2D eigenvalue weighted by molar-refractivity contribution is 0.513. The molecule has 2 heterocycles. The Morgan fingerprint density at radius 2 is 2.62 bits per heavy atom. The molecule has 0 aromatic carbocycles. The highest BCUT2D eigenvalue weighted by Gasteiger charge is 2.30. The van der Waals surface area contributed by atoms with Gasteiger partial charge in [-0.1, -0.05) is 6.08 Å². The van der Waals surface area contributed by atoms with Crippen LogP contribution in [-0.4, -0.2) is 26.6 Å². The Kier molecular flexibility index (Phi) is 3.59. The minimum atomic E-state index is 0.380. The fourth-order valence-corrected chi connectivity index (χ4v) is 3.39. The first-order chi connectivity index (χ1) is 7.73. The molecule has 0 aliphatic carbocycles. The van der Waals surface area contributed by atoms with Crippen molar-refractivity contribution in [2.24, 2.45) is 0 Å². The van der Waals surface area contributed by atoms with E-state index >= 15 is 0 Å². The van der Waals surface area contributed by atoms with E-state index in [1.165, 1.54) is 18.6 Å². The van der Waals surface area contributed by atoms with Gasteiger partial charge in [-0.2, -0.15) is 11.8 Å². The van der Waals surface area contributed by atoms with Gasteiger partial charge in [0, 0.05) is 30.2 Å². The number of imidazole rings is 1. The van der Waals surface area contributed by atoms with Gasteiger partial charge in [-0.15, -0.1) is 6.58 Å². The number of hydrogen-bond donors (Lipinski definition) is 1. The van der Waals surface area contributed by atoms with E-state index in [0.29, 0.717) is 4.75 Å². The van der Waals surface area contributed by atoms with Crippen molar-refractivity contribution in [2.45, 2.75) is 31.1 Å². The summed E-state index contributed by atoms with van der Waals surface area (Å²) in [5.74, 6) is 2.24. The summed E-state index contributed by atoms with van der Waals surface area (Å²) >= 11 is 2.08. The number of anilines is 1. The maximum atomic E-state index is 4.32. The van der Waals surface area contributed by atoms with Crippen LogP contribution >= 0.6 is 11.8 Å². The van der Waals surface area contributed by atoms with Crippen LogP contribution in [0.5, 0.6) is 0 Å². The van der Waals surface area contributed by atoms with Gasteiger partial charge in [0.1, 0.15) is 0 Å². The topological polar surface area (TPSA) is 29.9 Å². The highest BCUT2D eigenvalue weighted by atomic mass is 32.2. The molecule has 1 saturated heterocycles. The highest BCUT2D eigenvalue weighted by Crippen LogP contribution is 2.39. The Morgan fingerprint density at radius 1 is 1.75 bits per heavy atom. The van der Waals surface area contributed by atoms with Crippen molar-refractivity contribution in [3.05, 3.63) is 25.0 Å². The SMILES string of the molecule is C=CCNc1nccn1CC1(C)CCCS1. The van der Waals surface area contributed by atoms with E-state index in [2.05, 4.69) is 46.3 Å². The number of aromatic nitrogens is 2. The van der Waals surface area contributed by atoms with E-state index in [1.807, 2.05) is 12.3 Å². The lowest BCUT2D eigenvalue weighted by Crippen LogP contribution is -2.24. The number of nitrogens with zero attached hydrogens (tertiary/aromatic N) is 2. The Morgan fingerprint density at radius 3 is 3.31 bits per heavy atom. The summed E-state index contributed by atoms with van der Waals surface area (Å²) in [5, 5.41) is 3.26. The zero-order valence-corrected chi connectivity index (χ0v) is 10.6. The minimum absolute atomic E-state index is 0.380. The molecule has 1 atom stereocenters. The smallest absolute Gasteiger partial charge is 0.203 e. The first-order valence-corrected chi connectivity index (χ1v) is 6.72. The van der Waals surface area contributed by atoms with Gasteiger partial charge in [0.2, 0.25) is 5.95 Å². The molecule has 4 heteroatoms. The van der Waals surface area contributed by atoms with E-state index in [-0.39, 0.29) is 0 Å². The van der Waals surface area contributed by atoms with Crippen LogP contribution in [0.2, 0.25) is 0 Å². The molecule has 16 heavy (non-hydrogen) atoms. The monoisotopic (exact) mass is 237 g/mol. The fraction of sp³-hybridized carbons (Fsp3) is 0.583. The predicted octanol–water partition coefficient (Wildman–Crippen LogP) is 2.77. The zero-order chi connectivity index (χ0) is 11.4. The minimum Gasteiger partial charge on any atom is -0.352 e. The van der Waals surface area contributed by atoms with Crippen molar-refractivity contribution in [1.29, 1.82) is 0 Å². The molecule has 1 fully saturated rings. The summed E-state index contributed by atoms with van der Waals surface area (Å²) in [6.07, 6.45) is 8.40. The third-order valence-electron chi connectivity index (χ3n) is 2.93. The van der Waals surface area contributed by atoms with Gasteiger partial charge in [0.25, 0.3) is 0 Å². The van der Waals surface area contributed by atoms with Crippen molar-refractivity contribution in [3.8, 4) is 0 Å². The summed E-state index contributed by atoms with van der Waals surface area (Å²) in [5.41, 5.74) is 0. The van der Waals surface area contributed by atoms with Gasteiger partial charge in [-0.05, 0) is 25.5 Å². The average molecular weight is 237 g/mol. The van der Waals surface area contributed by atoms with E-state index in [1.54, 1.807) is 0 Å². The van der Waals surface area contributed by atoms with Gasteiger partial charge < -0.3 is 9.88 Å². The quantitative estimate of drug-likeness (QED) is 0.799. The maximum absolute atomic E-state index is 4.32. The van der Waals surface area contributed by atoms with Gasteiger partial charge in [0.05, 0.1) is 0 Å². The molecule has 0 spiro atoms. The lowest BCUT2D eigenvalue weighted by atomic mass is 10.1. The molecule has 1 aliphatic rings. The maximum Gasteiger partial charge on any atom is 0.203 e. The molecule has 3 nitrogen and oxygen atoms in total. The molecule has 1 aromatic rings. The molecule has 0 saturated carbocycles. The average Bonchev–Trinajstić information content (AvgIpc) is 2.86. The van der Waals surface area contributed by atoms with Crippen molar-refractivity contribution < 1.29 is 0 Å². The molecule has 0 bridgehead atoms. The third-order valence-corrected chi connectivity index (χ3v) is 4.45. The van der Waals surface area contributed by atoms with Gasteiger partial charge in [-0.3, -0.25) is 0 Å². The third kappa shape index (κ3) is 2.61. The summed E-state index contributed by atoms with van der Waals surface area (Å²) in [6, 6.07) is 0. The van der Waals surface area contributed by atoms with Crippen LogP contribution in [-0.2, 0) is 6.54 Å². The molecular weight excluding hydrogens is 218 g/mol. The first kappa shape index (κ1) is 11.6. The molecule has 0 amide bonds. The summed E-state index contributed by atoms with van der Waals surface area (Å²) < 4.78 is 2.59. The largest absolute Gasteiger partial charge is 0.352 e. The van der Waals surface area contributed by atoms with Crippen LogP contribution in [0.15, 0.2) is 25.0 Å². The van der Waals surface area contributed by atoms with E-state index in [9.17, 15) is 0 Å². The van der Waals surface area contributed by atoms with Crippen LogP contribution in [0.3, 0.4) is 0 Å². The van der Waals surface area contributed by atoms with Crippen LogP contribution in [0, 0.1) is 0 Å². The Balaban J connectivity index is 2.03. The second-order valence-corrected chi connectivity index (χ2v) is 6.13. The lowest BCUT2D eigenvalue weighted by Gasteiger charge is -2.24. The van der Waals surface area contributed by atoms with Gasteiger partial charge in [-0.25, -0.2) is 4.98 Å². The fourth-order valence-electron chi connectivity index (χ4n) is 2.09. The van der Waals surface area contributed by atoms with Crippen molar-refractivity contribution >= 4 is 17.7 Å². The van der Waals surface area contributed by atoms with Gasteiger partial charge >= 0.3 is 0 Å². The summed E-state index contributed by atoms with van der Waals surface area (Å²) in [4.78, 5) is 4.32. The Bertz CT molecular complexity index is 353. The van der Waals surface area contributed by atoms with Crippen molar-refractivity contribution in [3.63, 3.8) is 0 Å². The van der Waals surface area contributed by atoms with Crippen molar-refractivity contribution in [1.82, 2.24) is 9.55 Å². The van der Waals surface area contributed by atoms with E-state index < -0.39 is 0 Å². The summed E-state index contributed by atoms with van der Waals surface area (Å²) in [6.45, 7) is 7.86. The first-order valence-electron chi connectivity index (χ1n) is 5.73. The van der Waals surface area contributed by atoms with Crippen LogP contribution in [0.25, 0.3) is 0 Å². The molecule has 1 aliphatic heterocycles. The van der Waals surface area contributed by atoms with Crippen molar-refractivity contribution in [2.75, 3.05) is 17.6 Å². The normalized spacial score (nSPS) is 24.6. The number of hydrogen-bond acceptors (Lipinski definition) is 3. The Labute approximate surface area is 101 Å². The Hall–Kier alpha value is -0.900. The van der Waals surface area contributed by atoms with E-state index in [4.69, 9.17) is 0 Å². The standard InChI is InChI=1S/C12H19N3S/c1-3-6-13-11-14-7-8-15(11)10-12(2)5-4-9-16-12/h3,7-8H,1,4-6,9-10H2,2H3,(H,13,14). The molecule has 88 valence electrons. The van der Waals surface area contributed by atoms with E-state index in [0.717, 1.165) is 19.0 Å². The highest BCUT2D eigenvalue weighted by molar-refractivity contribution is 8.00. The van der Waals surface area contributed by atoms with Gasteiger partial charge in [0.15, 0.2) is 0 Å². The molecule has 1 unspecified atom stereocenters. The summed E-state index contributed by atoms with van der Waals surface area (Å²) in [7, 11) is 0. The number of thioether (sulfide) groups is 1. The molecule has 2 rings (SSSR count). The zero-order valence-electron chi connectivity index (χ0n) is 9.78. The second kappa shape index (κ2) is 4.95. The van der Waals surface area contributed by atoms with Crippen LogP contribution < -0.4 is 5.32 Å². The molecular formula is C12H19N3S. The molecule has 0 radical (unpaired) electrons. The van der Waals surface area contributed by atoms with Crippen LogP contribution in [0.4, 0.5) is 5.95 Å².